The molecule has 178 valence electrons. The number of pyridine rings is 1. The highest BCUT2D eigenvalue weighted by atomic mass is 32.1. The minimum Gasteiger partial charge on any atom is -0.461 e. The molecule has 1 fully saturated rings. The van der Waals surface area contributed by atoms with Crippen molar-refractivity contribution in [2.45, 2.75) is 51.2 Å². The molecule has 0 saturated heterocycles. The molecule has 0 aliphatic heterocycles. The minimum atomic E-state index is -1.05. The number of hydrogen-bond donors (Lipinski definition) is 2. The van der Waals surface area contributed by atoms with Gasteiger partial charge in [-0.1, -0.05) is 24.6 Å². The van der Waals surface area contributed by atoms with E-state index in [4.69, 9.17) is 9.57 Å². The normalized spacial score (nSPS) is 15.0. The monoisotopic (exact) mass is 481 g/mol. The van der Waals surface area contributed by atoms with Crippen molar-refractivity contribution >= 4 is 39.4 Å². The first-order chi connectivity index (χ1) is 16.5. The molecule has 1 aliphatic carbocycles. The summed E-state index contributed by atoms with van der Waals surface area (Å²) in [6.07, 6.45) is 6.30. The van der Waals surface area contributed by atoms with Gasteiger partial charge in [-0.05, 0) is 62.4 Å². The summed E-state index contributed by atoms with van der Waals surface area (Å²) >= 11 is 1.34. The molecule has 2 heterocycles. The highest BCUT2D eigenvalue weighted by Gasteiger charge is 2.27. The molecule has 2 N–H and O–H groups in total. The standard InChI is InChI=1S/C25H27N3O5S/c1-16-12-13-26-19-14-21(34-22(16)19)23(29)27-15-20(25(31)32-18-10-6-3-7-11-18)28-33-24(30)17-8-4-2-5-9-17/h2,4-5,8-9,12-14,18,20,28H,3,6-7,10-11,15H2,1H3,(H,27,29)/t20-/m1/s1. The van der Waals surface area contributed by atoms with Crippen LogP contribution in [0.2, 0.25) is 0 Å². The summed E-state index contributed by atoms with van der Waals surface area (Å²) in [5.41, 5.74) is 4.63. The topological polar surface area (TPSA) is 107 Å². The van der Waals surface area contributed by atoms with Gasteiger partial charge < -0.3 is 14.9 Å². The maximum absolute atomic E-state index is 12.9. The molecule has 9 heteroatoms. The Morgan fingerprint density at radius 2 is 1.88 bits per heavy atom. The van der Waals surface area contributed by atoms with Crippen LogP contribution in [0.15, 0.2) is 48.7 Å². The molecule has 3 aromatic rings. The van der Waals surface area contributed by atoms with Gasteiger partial charge in [-0.25, -0.2) is 4.79 Å². The minimum absolute atomic E-state index is 0.104. The third-order valence-electron chi connectivity index (χ3n) is 5.72. The molecule has 1 aliphatic rings. The van der Waals surface area contributed by atoms with Crippen LogP contribution in [0.4, 0.5) is 0 Å². The molecular formula is C25H27N3O5S. The smallest absolute Gasteiger partial charge is 0.356 e. The zero-order valence-electron chi connectivity index (χ0n) is 18.9. The Morgan fingerprint density at radius 3 is 2.62 bits per heavy atom. The quantitative estimate of drug-likeness (QED) is 0.371. The lowest BCUT2D eigenvalue weighted by Crippen LogP contribution is -2.48. The predicted octanol–water partition coefficient (Wildman–Crippen LogP) is 3.94. The van der Waals surface area contributed by atoms with Gasteiger partial charge in [0, 0.05) is 12.7 Å². The second kappa shape index (κ2) is 11.2. The lowest BCUT2D eigenvalue weighted by Gasteiger charge is -2.25. The van der Waals surface area contributed by atoms with E-state index in [0.717, 1.165) is 47.9 Å². The average Bonchev–Trinajstić information content (AvgIpc) is 3.31. The van der Waals surface area contributed by atoms with Crippen molar-refractivity contribution in [3.05, 3.63) is 64.7 Å². The van der Waals surface area contributed by atoms with Crippen LogP contribution >= 0.6 is 11.3 Å². The number of hydrogen-bond acceptors (Lipinski definition) is 8. The van der Waals surface area contributed by atoms with Crippen LogP contribution in [0, 0.1) is 6.92 Å². The first kappa shape index (κ1) is 23.8. The molecule has 2 aromatic heterocycles. The number of aromatic nitrogens is 1. The van der Waals surface area contributed by atoms with E-state index in [0.29, 0.717) is 10.4 Å². The molecule has 34 heavy (non-hydrogen) atoms. The molecule has 0 radical (unpaired) electrons. The summed E-state index contributed by atoms with van der Waals surface area (Å²) in [7, 11) is 0. The van der Waals surface area contributed by atoms with Gasteiger partial charge in [-0.15, -0.1) is 16.8 Å². The zero-order valence-corrected chi connectivity index (χ0v) is 19.7. The van der Waals surface area contributed by atoms with Gasteiger partial charge in [0.05, 0.1) is 20.7 Å². The highest BCUT2D eigenvalue weighted by Crippen LogP contribution is 2.26. The van der Waals surface area contributed by atoms with E-state index in [1.165, 1.54) is 11.3 Å². The number of benzene rings is 1. The van der Waals surface area contributed by atoms with Crippen LogP contribution in [-0.4, -0.2) is 41.5 Å². The number of amides is 1. The number of esters is 1. The molecule has 0 unspecified atom stereocenters. The Morgan fingerprint density at radius 1 is 1.12 bits per heavy atom. The number of ether oxygens (including phenoxy) is 1. The van der Waals surface area contributed by atoms with E-state index in [1.807, 2.05) is 13.0 Å². The lowest BCUT2D eigenvalue weighted by atomic mass is 9.98. The number of nitrogens with zero attached hydrogens (tertiary/aromatic N) is 1. The summed E-state index contributed by atoms with van der Waals surface area (Å²) in [5.74, 6) is -1.54. The average molecular weight is 482 g/mol. The van der Waals surface area contributed by atoms with E-state index in [9.17, 15) is 14.4 Å². The summed E-state index contributed by atoms with van der Waals surface area (Å²) in [5, 5.41) is 2.75. The molecule has 1 saturated carbocycles. The number of rotatable bonds is 8. The predicted molar refractivity (Wildman–Crippen MR) is 128 cm³/mol. The maximum atomic E-state index is 12.9. The molecule has 0 spiro atoms. The first-order valence-electron chi connectivity index (χ1n) is 11.4. The first-order valence-corrected chi connectivity index (χ1v) is 12.2. The number of aryl methyl sites for hydroxylation is 1. The van der Waals surface area contributed by atoms with Gasteiger partial charge in [0.25, 0.3) is 5.91 Å². The van der Waals surface area contributed by atoms with Crippen molar-refractivity contribution in [2.24, 2.45) is 0 Å². The fourth-order valence-electron chi connectivity index (χ4n) is 3.82. The second-order valence-corrected chi connectivity index (χ2v) is 9.34. The van der Waals surface area contributed by atoms with Gasteiger partial charge in [0.1, 0.15) is 6.10 Å². The Hall–Kier alpha value is -3.30. The maximum Gasteiger partial charge on any atom is 0.356 e. The Bertz CT molecular complexity index is 1160. The summed E-state index contributed by atoms with van der Waals surface area (Å²) in [6.45, 7) is 1.86. The van der Waals surface area contributed by atoms with Gasteiger partial charge in [0.15, 0.2) is 6.04 Å². The summed E-state index contributed by atoms with van der Waals surface area (Å²) < 4.78 is 6.58. The molecule has 1 atom stereocenters. The van der Waals surface area contributed by atoms with E-state index in [-0.39, 0.29) is 18.6 Å². The van der Waals surface area contributed by atoms with Crippen molar-refractivity contribution in [1.82, 2.24) is 15.8 Å². The van der Waals surface area contributed by atoms with Crippen molar-refractivity contribution in [3.63, 3.8) is 0 Å². The number of nitrogens with one attached hydrogen (secondary N) is 2. The van der Waals surface area contributed by atoms with Crippen LogP contribution in [0.3, 0.4) is 0 Å². The van der Waals surface area contributed by atoms with E-state index < -0.39 is 18.0 Å². The van der Waals surface area contributed by atoms with Crippen LogP contribution in [-0.2, 0) is 14.4 Å². The molecule has 1 amide bonds. The zero-order chi connectivity index (χ0) is 23.9. The number of fused-ring (bicyclic) bond motifs is 1. The van der Waals surface area contributed by atoms with E-state index in [2.05, 4.69) is 15.8 Å². The van der Waals surface area contributed by atoms with Gasteiger partial charge in [0.2, 0.25) is 0 Å². The number of hydroxylamine groups is 1. The highest BCUT2D eigenvalue weighted by molar-refractivity contribution is 7.21. The van der Waals surface area contributed by atoms with Crippen LogP contribution in [0.5, 0.6) is 0 Å². The molecule has 1 aromatic carbocycles. The summed E-state index contributed by atoms with van der Waals surface area (Å²) in [4.78, 5) is 47.9. The lowest BCUT2D eigenvalue weighted by molar-refractivity contribution is -0.155. The van der Waals surface area contributed by atoms with Crippen LogP contribution in [0.1, 0.15) is 57.7 Å². The third kappa shape index (κ3) is 5.98. The van der Waals surface area contributed by atoms with Crippen LogP contribution < -0.4 is 10.8 Å². The fourth-order valence-corrected chi connectivity index (χ4v) is 4.82. The summed E-state index contributed by atoms with van der Waals surface area (Å²) in [6, 6.07) is 11.0. The fraction of sp³-hybridized carbons (Fsp3) is 0.360. The Labute approximate surface area is 201 Å². The van der Waals surface area contributed by atoms with Gasteiger partial charge >= 0.3 is 11.9 Å². The SMILES string of the molecule is Cc1ccnc2cc(C(=O)NC[C@@H](NOC(=O)c3ccccc3)C(=O)OC3CCCCC3)sc12. The molecule has 0 bridgehead atoms. The second-order valence-electron chi connectivity index (χ2n) is 8.29. The van der Waals surface area contributed by atoms with E-state index >= 15 is 0 Å². The van der Waals surface area contributed by atoms with Crippen molar-refractivity contribution in [2.75, 3.05) is 6.54 Å². The third-order valence-corrected chi connectivity index (χ3v) is 6.98. The molecule has 4 rings (SSSR count). The number of thiophene rings is 1. The number of carbonyl (C=O) groups is 3. The molecule has 8 nitrogen and oxygen atoms in total. The molecular weight excluding hydrogens is 454 g/mol. The van der Waals surface area contributed by atoms with Gasteiger partial charge in [-0.2, -0.15) is 0 Å². The van der Waals surface area contributed by atoms with Crippen molar-refractivity contribution < 1.29 is 24.0 Å². The largest absolute Gasteiger partial charge is 0.461 e. The van der Waals surface area contributed by atoms with Gasteiger partial charge in [-0.3, -0.25) is 14.6 Å². The number of carbonyl (C=O) groups excluding carboxylic acids is 3. The Kier molecular flexibility index (Phi) is 7.87. The Balaban J connectivity index is 1.41. The van der Waals surface area contributed by atoms with E-state index in [1.54, 1.807) is 42.6 Å². The van der Waals surface area contributed by atoms with Crippen LogP contribution in [0.25, 0.3) is 10.2 Å². The van der Waals surface area contributed by atoms with Crippen molar-refractivity contribution in [3.8, 4) is 0 Å². The van der Waals surface area contributed by atoms with Crippen molar-refractivity contribution in [1.29, 1.82) is 0 Å².